The number of carbonyl (C=O) groups is 4. The van der Waals surface area contributed by atoms with Gasteiger partial charge >= 0.3 is 5.97 Å². The Morgan fingerprint density at radius 1 is 0.897 bits per heavy atom. The van der Waals surface area contributed by atoms with E-state index in [-0.39, 0.29) is 37.6 Å². The third-order valence-corrected chi connectivity index (χ3v) is 3.28. The first-order valence-electron chi connectivity index (χ1n) is 8.92. The Labute approximate surface area is 170 Å². The molecule has 0 aliphatic carbocycles. The molecule has 172 valence electrons. The normalized spacial score (nSPS) is 12.6. The summed E-state index contributed by atoms with van der Waals surface area (Å²) in [6, 6.07) is -1.06. The summed E-state index contributed by atoms with van der Waals surface area (Å²) in [4.78, 5) is 43.0. The van der Waals surface area contributed by atoms with Crippen LogP contribution in [0.3, 0.4) is 0 Å². The fourth-order valence-electron chi connectivity index (χ4n) is 1.60. The number of hydrogen-bond acceptors (Lipinski definition) is 9. The predicted octanol–water partition coefficient (Wildman–Crippen LogP) is -4.19. The van der Waals surface area contributed by atoms with Gasteiger partial charge in [-0.05, 0) is 32.9 Å². The summed E-state index contributed by atoms with van der Waals surface area (Å²) in [6.07, 6.45) is -1.67. The molecule has 3 amide bonds. The zero-order chi connectivity index (χ0) is 23.4. The zero-order valence-electron chi connectivity index (χ0n) is 17.2. The summed E-state index contributed by atoms with van der Waals surface area (Å²) in [5.74, 6) is -2.41. The lowest BCUT2D eigenvalue weighted by molar-refractivity contribution is -0.138. The van der Waals surface area contributed by atoms with Gasteiger partial charge in [-0.1, -0.05) is 0 Å². The van der Waals surface area contributed by atoms with Crippen molar-refractivity contribution in [3.05, 3.63) is 0 Å². The molecule has 29 heavy (non-hydrogen) atoms. The second-order valence-electron chi connectivity index (χ2n) is 5.46. The molecule has 13 nitrogen and oxygen atoms in total. The van der Waals surface area contributed by atoms with Crippen LogP contribution in [0.25, 0.3) is 0 Å². The molecule has 0 aliphatic heterocycles. The summed E-state index contributed by atoms with van der Waals surface area (Å²) in [7, 11) is 4.37. The topological polar surface area (TPSA) is 243 Å². The number of nitrogens with two attached hydrogens (primary N) is 3. The zero-order valence-corrected chi connectivity index (χ0v) is 17.2. The quantitative estimate of drug-likeness (QED) is 0.155. The lowest BCUT2D eigenvalue weighted by Gasteiger charge is -2.10. The molecule has 0 aromatic heterocycles. The number of likely N-dealkylation sites (N-methyl/N-ethyl adjacent to an activating group) is 2. The SMILES string of the molecule is CN.CNC(=O)[C@@H](O)CCN.CNC(=O)[C@@H](O)CCNC(=O)CC[C@H](N)C(=O)O. The van der Waals surface area contributed by atoms with E-state index in [1.807, 2.05) is 0 Å². The number of carboxylic acid groups (broad SMARTS) is 1. The molecule has 0 rings (SSSR count). The fourth-order valence-corrected chi connectivity index (χ4v) is 1.60. The van der Waals surface area contributed by atoms with Crippen molar-refractivity contribution in [1.29, 1.82) is 0 Å². The first-order chi connectivity index (χ1) is 13.6. The van der Waals surface area contributed by atoms with E-state index in [0.717, 1.165) is 0 Å². The van der Waals surface area contributed by atoms with Crippen molar-refractivity contribution >= 4 is 23.7 Å². The Morgan fingerprint density at radius 2 is 1.34 bits per heavy atom. The Bertz CT molecular complexity index is 479. The summed E-state index contributed by atoms with van der Waals surface area (Å²) < 4.78 is 0. The number of aliphatic hydroxyl groups is 2. The van der Waals surface area contributed by atoms with Gasteiger partial charge in [0.15, 0.2) is 0 Å². The molecular weight excluding hydrogens is 388 g/mol. The van der Waals surface area contributed by atoms with Crippen molar-refractivity contribution in [3.63, 3.8) is 0 Å². The van der Waals surface area contributed by atoms with Crippen LogP contribution in [0.2, 0.25) is 0 Å². The molecule has 0 bridgehead atoms. The Balaban J connectivity index is -0.000000515. The summed E-state index contributed by atoms with van der Waals surface area (Å²) in [5.41, 5.74) is 14.8. The van der Waals surface area contributed by atoms with Crippen LogP contribution < -0.4 is 33.2 Å². The lowest BCUT2D eigenvalue weighted by atomic mass is 10.1. The average Bonchev–Trinajstić information content (AvgIpc) is 2.72. The molecule has 0 heterocycles. The second kappa shape index (κ2) is 20.4. The molecular formula is C16H36N6O7. The molecule has 0 aliphatic rings. The van der Waals surface area contributed by atoms with Crippen LogP contribution in [0.5, 0.6) is 0 Å². The third-order valence-electron chi connectivity index (χ3n) is 3.28. The lowest BCUT2D eigenvalue weighted by Crippen LogP contribution is -2.36. The molecule has 12 N–H and O–H groups in total. The predicted molar refractivity (Wildman–Crippen MR) is 106 cm³/mol. The Hall–Kier alpha value is -2.32. The van der Waals surface area contributed by atoms with Gasteiger partial charge < -0.3 is 48.5 Å². The van der Waals surface area contributed by atoms with Gasteiger partial charge in [0, 0.05) is 27.1 Å². The number of aliphatic carboxylic acids is 1. The second-order valence-corrected chi connectivity index (χ2v) is 5.46. The van der Waals surface area contributed by atoms with Crippen molar-refractivity contribution < 1.29 is 34.5 Å². The minimum atomic E-state index is -1.17. The average molecular weight is 424 g/mol. The molecule has 0 radical (unpaired) electrons. The van der Waals surface area contributed by atoms with E-state index in [0.29, 0.717) is 13.0 Å². The maximum Gasteiger partial charge on any atom is 0.320 e. The molecule has 0 saturated heterocycles. The third kappa shape index (κ3) is 18.8. The van der Waals surface area contributed by atoms with Crippen LogP contribution >= 0.6 is 0 Å². The first kappa shape index (κ1) is 31.4. The molecule has 0 saturated carbocycles. The Morgan fingerprint density at radius 3 is 1.72 bits per heavy atom. The summed E-state index contributed by atoms with van der Waals surface area (Å²) in [6.45, 7) is 0.463. The van der Waals surface area contributed by atoms with Crippen LogP contribution in [-0.2, 0) is 19.2 Å². The van der Waals surface area contributed by atoms with E-state index in [1.54, 1.807) is 0 Å². The van der Waals surface area contributed by atoms with Crippen LogP contribution in [0.4, 0.5) is 0 Å². The van der Waals surface area contributed by atoms with Crippen LogP contribution in [-0.4, -0.2) is 91.5 Å². The molecule has 0 aromatic carbocycles. The van der Waals surface area contributed by atoms with E-state index >= 15 is 0 Å². The van der Waals surface area contributed by atoms with E-state index in [4.69, 9.17) is 21.7 Å². The molecule has 3 atom stereocenters. The van der Waals surface area contributed by atoms with Crippen molar-refractivity contribution in [2.24, 2.45) is 17.2 Å². The van der Waals surface area contributed by atoms with Gasteiger partial charge in [-0.15, -0.1) is 0 Å². The monoisotopic (exact) mass is 424 g/mol. The maximum absolute atomic E-state index is 11.2. The smallest absolute Gasteiger partial charge is 0.320 e. The van der Waals surface area contributed by atoms with Gasteiger partial charge in [0.05, 0.1) is 0 Å². The number of aliphatic hydroxyl groups excluding tert-OH is 2. The van der Waals surface area contributed by atoms with Gasteiger partial charge in [-0.25, -0.2) is 0 Å². The highest BCUT2D eigenvalue weighted by atomic mass is 16.4. The van der Waals surface area contributed by atoms with E-state index in [2.05, 4.69) is 21.7 Å². The molecule has 0 spiro atoms. The van der Waals surface area contributed by atoms with Crippen molar-refractivity contribution in [1.82, 2.24) is 16.0 Å². The number of amides is 3. The molecule has 0 aromatic rings. The Kier molecular flexibility index (Phi) is 22.1. The van der Waals surface area contributed by atoms with Gasteiger partial charge in [0.1, 0.15) is 18.2 Å². The maximum atomic E-state index is 11.2. The van der Waals surface area contributed by atoms with Crippen LogP contribution in [0.15, 0.2) is 0 Å². The summed E-state index contributed by atoms with van der Waals surface area (Å²) in [5, 5.41) is 33.6. The number of rotatable bonds is 11. The standard InChI is InChI=1S/C10H19N3O5.C5H12N2O2.CH5N/c1-12-9(16)7(14)4-5-13-8(15)3-2-6(11)10(17)18;1-7-5(9)4(8)2-3-6;1-2/h6-7,14H,2-5,11H2,1H3,(H,12,16)(H,13,15)(H,17,18);4,8H,2-3,6H2,1H3,(H,7,9);2H2,1H3/t6-,7-;4-;/m00./s1. The van der Waals surface area contributed by atoms with E-state index in [9.17, 15) is 24.3 Å². The minimum Gasteiger partial charge on any atom is -0.480 e. The van der Waals surface area contributed by atoms with Gasteiger partial charge in [-0.2, -0.15) is 0 Å². The highest BCUT2D eigenvalue weighted by Crippen LogP contribution is 1.95. The number of nitrogens with one attached hydrogen (secondary N) is 3. The van der Waals surface area contributed by atoms with Gasteiger partial charge in [0.2, 0.25) is 17.7 Å². The fraction of sp³-hybridized carbons (Fsp3) is 0.750. The molecule has 0 fully saturated rings. The van der Waals surface area contributed by atoms with Gasteiger partial charge in [0.25, 0.3) is 0 Å². The van der Waals surface area contributed by atoms with E-state index in [1.165, 1.54) is 21.1 Å². The number of carboxylic acids is 1. The largest absolute Gasteiger partial charge is 0.480 e. The van der Waals surface area contributed by atoms with Gasteiger partial charge in [-0.3, -0.25) is 19.2 Å². The van der Waals surface area contributed by atoms with Crippen molar-refractivity contribution in [2.45, 2.75) is 43.9 Å². The van der Waals surface area contributed by atoms with Crippen LogP contribution in [0, 0.1) is 0 Å². The summed E-state index contributed by atoms with van der Waals surface area (Å²) >= 11 is 0. The molecule has 0 unspecified atom stereocenters. The highest BCUT2D eigenvalue weighted by Gasteiger charge is 2.15. The molecule has 13 heteroatoms. The first-order valence-corrected chi connectivity index (χ1v) is 8.92. The van der Waals surface area contributed by atoms with Crippen molar-refractivity contribution in [2.75, 3.05) is 34.2 Å². The minimum absolute atomic E-state index is 0.0104. The van der Waals surface area contributed by atoms with Crippen molar-refractivity contribution in [3.8, 4) is 0 Å². The van der Waals surface area contributed by atoms with E-state index < -0.39 is 30.1 Å². The number of carbonyl (C=O) groups excluding carboxylic acids is 3. The van der Waals surface area contributed by atoms with Crippen LogP contribution in [0.1, 0.15) is 25.7 Å². The number of hydrogen-bond donors (Lipinski definition) is 9. The highest BCUT2D eigenvalue weighted by molar-refractivity contribution is 5.81.